The quantitative estimate of drug-likeness (QED) is 0.779. The van der Waals surface area contributed by atoms with Gasteiger partial charge < -0.3 is 15.1 Å². The van der Waals surface area contributed by atoms with Crippen LogP contribution in [0.3, 0.4) is 0 Å². The molecular formula is C15H18N2O2. The van der Waals surface area contributed by atoms with Crippen LogP contribution in [-0.2, 0) is 13.0 Å². The predicted molar refractivity (Wildman–Crippen MR) is 74.0 cm³/mol. The molecule has 1 aromatic carbocycles. The second-order valence-electron chi connectivity index (χ2n) is 4.28. The highest BCUT2D eigenvalue weighted by Crippen LogP contribution is 2.04. The first kappa shape index (κ1) is 13.4. The van der Waals surface area contributed by atoms with Crippen molar-refractivity contribution in [2.24, 2.45) is 0 Å². The van der Waals surface area contributed by atoms with E-state index in [-0.39, 0.29) is 5.91 Å². The third-order valence-corrected chi connectivity index (χ3v) is 2.90. The number of nitrogens with one attached hydrogen (secondary N) is 2. The van der Waals surface area contributed by atoms with Gasteiger partial charge in [-0.05, 0) is 29.8 Å². The van der Waals surface area contributed by atoms with E-state index in [0.29, 0.717) is 5.56 Å². The van der Waals surface area contributed by atoms with Crippen molar-refractivity contribution in [3.63, 3.8) is 0 Å². The van der Waals surface area contributed by atoms with Crippen LogP contribution in [0.15, 0.2) is 47.1 Å². The SMILES string of the molecule is CNC(=O)c1ccc(CNCCc2ccco2)cc1. The minimum absolute atomic E-state index is 0.0580. The van der Waals surface area contributed by atoms with Crippen LogP contribution >= 0.6 is 0 Å². The summed E-state index contributed by atoms with van der Waals surface area (Å²) < 4.78 is 5.26. The minimum Gasteiger partial charge on any atom is -0.469 e. The highest BCUT2D eigenvalue weighted by atomic mass is 16.3. The van der Waals surface area contributed by atoms with Crippen molar-refractivity contribution in [1.82, 2.24) is 10.6 Å². The highest BCUT2D eigenvalue weighted by Gasteiger charge is 2.02. The lowest BCUT2D eigenvalue weighted by Gasteiger charge is -2.05. The first-order valence-electron chi connectivity index (χ1n) is 6.33. The summed E-state index contributed by atoms with van der Waals surface area (Å²) >= 11 is 0. The van der Waals surface area contributed by atoms with Crippen molar-refractivity contribution in [2.45, 2.75) is 13.0 Å². The molecular weight excluding hydrogens is 240 g/mol. The van der Waals surface area contributed by atoms with Gasteiger partial charge in [-0.25, -0.2) is 0 Å². The minimum atomic E-state index is -0.0580. The molecule has 1 aromatic heterocycles. The molecule has 0 aliphatic heterocycles. The van der Waals surface area contributed by atoms with Crippen LogP contribution < -0.4 is 10.6 Å². The third kappa shape index (κ3) is 3.96. The summed E-state index contributed by atoms with van der Waals surface area (Å²) in [6, 6.07) is 11.5. The van der Waals surface area contributed by atoms with Gasteiger partial charge in [-0.2, -0.15) is 0 Å². The van der Waals surface area contributed by atoms with E-state index >= 15 is 0 Å². The van der Waals surface area contributed by atoms with Gasteiger partial charge in [0.05, 0.1) is 6.26 Å². The van der Waals surface area contributed by atoms with E-state index in [1.807, 2.05) is 36.4 Å². The summed E-state index contributed by atoms with van der Waals surface area (Å²) in [6.07, 6.45) is 2.57. The van der Waals surface area contributed by atoms with Crippen molar-refractivity contribution >= 4 is 5.91 Å². The lowest BCUT2D eigenvalue weighted by Crippen LogP contribution is -2.18. The molecule has 0 bridgehead atoms. The molecule has 0 atom stereocenters. The van der Waals surface area contributed by atoms with Crippen molar-refractivity contribution in [2.75, 3.05) is 13.6 Å². The number of benzene rings is 1. The van der Waals surface area contributed by atoms with Gasteiger partial charge in [-0.1, -0.05) is 12.1 Å². The zero-order chi connectivity index (χ0) is 13.5. The summed E-state index contributed by atoms with van der Waals surface area (Å²) in [7, 11) is 1.63. The number of hydrogen-bond acceptors (Lipinski definition) is 3. The van der Waals surface area contributed by atoms with Crippen LogP contribution in [0.1, 0.15) is 21.7 Å². The Morgan fingerprint density at radius 1 is 1.21 bits per heavy atom. The summed E-state index contributed by atoms with van der Waals surface area (Å²) in [4.78, 5) is 11.4. The average Bonchev–Trinajstić information content (AvgIpc) is 2.96. The lowest BCUT2D eigenvalue weighted by molar-refractivity contribution is 0.0963. The fourth-order valence-electron chi connectivity index (χ4n) is 1.82. The molecule has 1 amide bonds. The summed E-state index contributed by atoms with van der Waals surface area (Å²) in [5.41, 5.74) is 1.84. The first-order valence-corrected chi connectivity index (χ1v) is 6.33. The number of amides is 1. The van der Waals surface area contributed by atoms with E-state index in [2.05, 4.69) is 10.6 Å². The van der Waals surface area contributed by atoms with Crippen LogP contribution in [-0.4, -0.2) is 19.5 Å². The van der Waals surface area contributed by atoms with Crippen molar-refractivity contribution < 1.29 is 9.21 Å². The van der Waals surface area contributed by atoms with Crippen LogP contribution in [0, 0.1) is 0 Å². The molecule has 0 unspecified atom stereocenters. The van der Waals surface area contributed by atoms with Gasteiger partial charge in [0.1, 0.15) is 5.76 Å². The Bertz CT molecular complexity index is 503. The lowest BCUT2D eigenvalue weighted by atomic mass is 10.1. The number of carbonyl (C=O) groups excluding carboxylic acids is 1. The Morgan fingerprint density at radius 2 is 2.00 bits per heavy atom. The molecule has 0 spiro atoms. The maximum atomic E-state index is 11.4. The standard InChI is InChI=1S/C15H18N2O2/c1-16-15(18)13-6-4-12(5-7-13)11-17-9-8-14-3-2-10-19-14/h2-7,10,17H,8-9,11H2,1H3,(H,16,18). The topological polar surface area (TPSA) is 54.3 Å². The maximum absolute atomic E-state index is 11.4. The van der Waals surface area contributed by atoms with Crippen LogP contribution in [0.5, 0.6) is 0 Å². The highest BCUT2D eigenvalue weighted by molar-refractivity contribution is 5.93. The number of furan rings is 1. The zero-order valence-electron chi connectivity index (χ0n) is 11.0. The maximum Gasteiger partial charge on any atom is 0.251 e. The third-order valence-electron chi connectivity index (χ3n) is 2.90. The number of rotatable bonds is 6. The Labute approximate surface area is 112 Å². The largest absolute Gasteiger partial charge is 0.469 e. The Morgan fingerprint density at radius 3 is 2.63 bits per heavy atom. The number of hydrogen-bond donors (Lipinski definition) is 2. The van der Waals surface area contributed by atoms with Gasteiger partial charge in [0, 0.05) is 32.1 Å². The fraction of sp³-hybridized carbons (Fsp3) is 0.267. The fourth-order valence-corrected chi connectivity index (χ4v) is 1.82. The van der Waals surface area contributed by atoms with Crippen LogP contribution in [0.25, 0.3) is 0 Å². The predicted octanol–water partition coefficient (Wildman–Crippen LogP) is 1.97. The molecule has 0 aliphatic rings. The van der Waals surface area contributed by atoms with E-state index in [0.717, 1.165) is 30.8 Å². The molecule has 0 saturated carbocycles. The van der Waals surface area contributed by atoms with E-state index in [9.17, 15) is 4.79 Å². The van der Waals surface area contributed by atoms with E-state index in [1.165, 1.54) is 0 Å². The molecule has 4 nitrogen and oxygen atoms in total. The van der Waals surface area contributed by atoms with Crippen molar-refractivity contribution in [3.8, 4) is 0 Å². The molecule has 2 N–H and O–H groups in total. The molecule has 0 saturated heterocycles. The van der Waals surface area contributed by atoms with Gasteiger partial charge in [-0.15, -0.1) is 0 Å². The zero-order valence-corrected chi connectivity index (χ0v) is 11.0. The molecule has 2 rings (SSSR count). The van der Waals surface area contributed by atoms with E-state index in [4.69, 9.17) is 4.42 Å². The van der Waals surface area contributed by atoms with Gasteiger partial charge in [0.2, 0.25) is 0 Å². The second-order valence-corrected chi connectivity index (χ2v) is 4.28. The monoisotopic (exact) mass is 258 g/mol. The van der Waals surface area contributed by atoms with Gasteiger partial charge in [0.15, 0.2) is 0 Å². The molecule has 0 aliphatic carbocycles. The molecule has 4 heteroatoms. The van der Waals surface area contributed by atoms with Crippen molar-refractivity contribution in [1.29, 1.82) is 0 Å². The molecule has 1 heterocycles. The first-order chi connectivity index (χ1) is 9.29. The summed E-state index contributed by atoms with van der Waals surface area (Å²) in [5.74, 6) is 0.930. The normalized spacial score (nSPS) is 10.4. The Hall–Kier alpha value is -2.07. The second kappa shape index (κ2) is 6.75. The van der Waals surface area contributed by atoms with Crippen molar-refractivity contribution in [3.05, 3.63) is 59.5 Å². The molecule has 0 radical (unpaired) electrons. The molecule has 2 aromatic rings. The van der Waals surface area contributed by atoms with Gasteiger partial charge >= 0.3 is 0 Å². The number of carbonyl (C=O) groups is 1. The van der Waals surface area contributed by atoms with Crippen LogP contribution in [0.2, 0.25) is 0 Å². The average molecular weight is 258 g/mol. The Balaban J connectivity index is 1.75. The summed E-state index contributed by atoms with van der Waals surface area (Å²) in [6.45, 7) is 1.65. The Kier molecular flexibility index (Phi) is 4.75. The smallest absolute Gasteiger partial charge is 0.251 e. The van der Waals surface area contributed by atoms with Gasteiger partial charge in [0.25, 0.3) is 5.91 Å². The molecule has 19 heavy (non-hydrogen) atoms. The van der Waals surface area contributed by atoms with Gasteiger partial charge in [-0.3, -0.25) is 4.79 Å². The molecule has 100 valence electrons. The van der Waals surface area contributed by atoms with E-state index < -0.39 is 0 Å². The summed E-state index contributed by atoms with van der Waals surface area (Å²) in [5, 5.41) is 5.95. The van der Waals surface area contributed by atoms with Crippen LogP contribution in [0.4, 0.5) is 0 Å². The van der Waals surface area contributed by atoms with E-state index in [1.54, 1.807) is 13.3 Å². The molecule has 0 fully saturated rings.